The highest BCUT2D eigenvalue weighted by molar-refractivity contribution is 7.92. The van der Waals surface area contributed by atoms with Crippen LogP contribution in [0.5, 0.6) is 5.88 Å². The van der Waals surface area contributed by atoms with Gasteiger partial charge in [0.2, 0.25) is 11.8 Å². The first-order chi connectivity index (χ1) is 23.7. The Hall–Kier alpha value is -4.51. The standard InChI is InChI=1S/C39H46N6O4S/c1-25-10-7-11-26(2)35(25)32-19-34-42-37(41-32)43-50(47,48)31-14-8-12-27(18-31)36(46)45(30(24-49-34)20-38(3,4)5)23-28-13-9-15-33(40-28)44(6)29-21-39(22-29)16-17-39/h7-15,18-19,29-30H,16-17,20-24H2,1-6H3,(H,41,42,43)/t30-/m1/s1. The van der Waals surface area contributed by atoms with Crippen molar-refractivity contribution in [3.8, 4) is 17.1 Å². The molecule has 1 spiro atoms. The number of hydrogen-bond donors (Lipinski definition) is 1. The molecule has 4 aromatic rings. The van der Waals surface area contributed by atoms with Gasteiger partial charge in [-0.25, -0.2) is 23.1 Å². The van der Waals surface area contributed by atoms with E-state index in [9.17, 15) is 13.2 Å². The molecule has 262 valence electrons. The third-order valence-corrected chi connectivity index (χ3v) is 11.7. The lowest BCUT2D eigenvalue weighted by atomic mass is 9.76. The van der Waals surface area contributed by atoms with E-state index in [0.717, 1.165) is 28.2 Å². The van der Waals surface area contributed by atoms with Gasteiger partial charge in [-0.3, -0.25) is 4.79 Å². The predicted octanol–water partition coefficient (Wildman–Crippen LogP) is 7.17. The minimum atomic E-state index is -4.16. The Morgan fingerprint density at radius 1 is 0.960 bits per heavy atom. The van der Waals surface area contributed by atoms with E-state index in [1.54, 1.807) is 23.1 Å². The lowest BCUT2D eigenvalue weighted by Crippen LogP contribution is -2.46. The number of pyridine rings is 1. The lowest BCUT2D eigenvalue weighted by molar-refractivity contribution is 0.0509. The largest absolute Gasteiger partial charge is 0.475 e. The zero-order valence-electron chi connectivity index (χ0n) is 29.7. The van der Waals surface area contributed by atoms with Crippen LogP contribution in [0.4, 0.5) is 11.8 Å². The van der Waals surface area contributed by atoms with Crippen molar-refractivity contribution in [2.75, 3.05) is 23.3 Å². The minimum absolute atomic E-state index is 0.0610. The van der Waals surface area contributed by atoms with E-state index in [4.69, 9.17) is 9.72 Å². The van der Waals surface area contributed by atoms with E-state index in [2.05, 4.69) is 47.4 Å². The number of amides is 1. The van der Waals surface area contributed by atoms with Gasteiger partial charge in [-0.2, -0.15) is 4.98 Å². The molecule has 1 atom stereocenters. The highest BCUT2D eigenvalue weighted by Gasteiger charge is 2.54. The van der Waals surface area contributed by atoms with Gasteiger partial charge < -0.3 is 14.5 Å². The van der Waals surface area contributed by atoms with Crippen molar-refractivity contribution in [1.82, 2.24) is 19.9 Å². The van der Waals surface area contributed by atoms with Crippen LogP contribution in [0.25, 0.3) is 11.3 Å². The first kappa shape index (κ1) is 34.0. The maximum atomic E-state index is 14.6. The van der Waals surface area contributed by atoms with Crippen LogP contribution in [-0.4, -0.2) is 59.9 Å². The highest BCUT2D eigenvalue weighted by Crippen LogP contribution is 2.61. The van der Waals surface area contributed by atoms with Crippen molar-refractivity contribution in [3.05, 3.63) is 89.1 Å². The van der Waals surface area contributed by atoms with Gasteiger partial charge in [0.25, 0.3) is 15.9 Å². The molecular weight excluding hydrogens is 649 g/mol. The van der Waals surface area contributed by atoms with Gasteiger partial charge in [-0.15, -0.1) is 0 Å². The molecule has 4 bridgehead atoms. The molecule has 1 aliphatic heterocycles. The van der Waals surface area contributed by atoms with Crippen molar-refractivity contribution in [3.63, 3.8) is 0 Å². The van der Waals surface area contributed by atoms with Crippen molar-refractivity contribution in [1.29, 1.82) is 0 Å². The molecule has 2 aromatic carbocycles. The number of rotatable bonds is 6. The number of nitrogens with one attached hydrogen (secondary N) is 1. The third-order valence-electron chi connectivity index (χ3n) is 10.4. The van der Waals surface area contributed by atoms with Crippen LogP contribution in [0.2, 0.25) is 0 Å². The Kier molecular flexibility index (Phi) is 8.61. The zero-order chi connectivity index (χ0) is 35.4. The van der Waals surface area contributed by atoms with Crippen molar-refractivity contribution in [2.45, 2.75) is 90.2 Å². The second kappa shape index (κ2) is 12.7. The van der Waals surface area contributed by atoms with Crippen molar-refractivity contribution < 1.29 is 17.9 Å². The van der Waals surface area contributed by atoms with Crippen LogP contribution in [-0.2, 0) is 16.6 Å². The molecule has 50 heavy (non-hydrogen) atoms. The fraction of sp³-hybridized carbons (Fsp3) is 0.436. The van der Waals surface area contributed by atoms with Gasteiger partial charge in [0.05, 0.1) is 28.9 Å². The van der Waals surface area contributed by atoms with Gasteiger partial charge in [-0.1, -0.05) is 51.1 Å². The number of aromatic nitrogens is 3. The second-order valence-corrected chi connectivity index (χ2v) is 17.3. The number of hydrogen-bond acceptors (Lipinski definition) is 8. The fourth-order valence-electron chi connectivity index (χ4n) is 7.46. The average Bonchev–Trinajstić information content (AvgIpc) is 3.85. The number of aryl methyl sites for hydroxylation is 2. The summed E-state index contributed by atoms with van der Waals surface area (Å²) in [7, 11) is -2.06. The number of carbonyl (C=O) groups excluding carboxylic acids is 1. The quantitative estimate of drug-likeness (QED) is 0.226. The van der Waals surface area contributed by atoms with Crippen LogP contribution in [0.15, 0.2) is 71.6 Å². The number of ether oxygens (including phenoxy) is 1. The van der Waals surface area contributed by atoms with Crippen LogP contribution in [0.3, 0.4) is 0 Å². The number of sulfonamides is 1. The van der Waals surface area contributed by atoms with E-state index in [0.29, 0.717) is 23.6 Å². The zero-order valence-corrected chi connectivity index (χ0v) is 30.5. The summed E-state index contributed by atoms with van der Waals surface area (Å²) in [6, 6.07) is 19.9. The Labute approximate surface area is 295 Å². The first-order valence-corrected chi connectivity index (χ1v) is 18.9. The molecule has 1 N–H and O–H groups in total. The summed E-state index contributed by atoms with van der Waals surface area (Å²) in [5, 5.41) is 0. The molecule has 1 amide bonds. The summed E-state index contributed by atoms with van der Waals surface area (Å²) >= 11 is 0. The SMILES string of the molecule is Cc1cccc(C)c1-c1cc2nc(n1)NS(=O)(=O)c1cccc(c1)C(=O)N(Cc1cccc(N(C)C3CC4(CC4)C3)n1)[C@H](CC(C)(C)C)CO2. The van der Waals surface area contributed by atoms with Crippen LogP contribution in [0, 0.1) is 24.7 Å². The number of nitrogens with zero attached hydrogens (tertiary/aromatic N) is 5. The Balaban J connectivity index is 1.29. The summed E-state index contributed by atoms with van der Waals surface area (Å²) in [6.07, 6.45) is 5.69. The molecular formula is C39H46N6O4S. The maximum absolute atomic E-state index is 14.6. The Bertz CT molecular complexity index is 2030. The van der Waals surface area contributed by atoms with Gasteiger partial charge in [0, 0.05) is 30.3 Å². The second-order valence-electron chi connectivity index (χ2n) is 15.6. The van der Waals surface area contributed by atoms with Crippen LogP contribution >= 0.6 is 0 Å². The molecule has 2 fully saturated rings. The number of benzene rings is 2. The Morgan fingerprint density at radius 3 is 2.36 bits per heavy atom. The molecule has 10 nitrogen and oxygen atoms in total. The molecule has 3 aliphatic rings. The summed E-state index contributed by atoms with van der Waals surface area (Å²) in [5.41, 5.74) is 4.79. The predicted molar refractivity (Wildman–Crippen MR) is 195 cm³/mol. The smallest absolute Gasteiger partial charge is 0.264 e. The topological polar surface area (TPSA) is 118 Å². The van der Waals surface area contributed by atoms with E-state index in [1.807, 2.05) is 50.2 Å². The number of anilines is 2. The van der Waals surface area contributed by atoms with Crippen molar-refractivity contribution in [2.24, 2.45) is 10.8 Å². The molecule has 7 rings (SSSR count). The molecule has 3 heterocycles. The summed E-state index contributed by atoms with van der Waals surface area (Å²) in [5.74, 6) is 0.688. The Morgan fingerprint density at radius 2 is 1.66 bits per heavy atom. The van der Waals surface area contributed by atoms with E-state index >= 15 is 0 Å². The molecule has 2 aliphatic carbocycles. The monoisotopic (exact) mass is 694 g/mol. The van der Waals surface area contributed by atoms with E-state index in [-0.39, 0.29) is 46.8 Å². The molecule has 2 saturated carbocycles. The van der Waals surface area contributed by atoms with Crippen LogP contribution in [0.1, 0.15) is 80.1 Å². The number of fused-ring (bicyclic) bond motifs is 4. The third kappa shape index (κ3) is 7.06. The average molecular weight is 695 g/mol. The maximum Gasteiger partial charge on any atom is 0.264 e. The van der Waals surface area contributed by atoms with E-state index in [1.165, 1.54) is 37.8 Å². The molecule has 0 radical (unpaired) electrons. The number of carbonyl (C=O) groups is 1. The summed E-state index contributed by atoms with van der Waals surface area (Å²) in [4.78, 5) is 32.8. The summed E-state index contributed by atoms with van der Waals surface area (Å²) in [6.45, 7) is 10.7. The van der Waals surface area contributed by atoms with Gasteiger partial charge >= 0.3 is 0 Å². The van der Waals surface area contributed by atoms with Gasteiger partial charge in [-0.05, 0) is 98.2 Å². The van der Waals surface area contributed by atoms with Crippen molar-refractivity contribution >= 4 is 27.7 Å². The lowest BCUT2D eigenvalue weighted by Gasteiger charge is -2.42. The fourth-order valence-corrected chi connectivity index (χ4v) is 8.45. The van der Waals surface area contributed by atoms with E-state index < -0.39 is 16.1 Å². The van der Waals surface area contributed by atoms with Crippen LogP contribution < -0.4 is 14.4 Å². The minimum Gasteiger partial charge on any atom is -0.475 e. The van der Waals surface area contributed by atoms with Gasteiger partial charge in [0.15, 0.2) is 0 Å². The molecule has 0 saturated heterocycles. The highest BCUT2D eigenvalue weighted by atomic mass is 32.2. The molecule has 11 heteroatoms. The molecule has 0 unspecified atom stereocenters. The first-order valence-electron chi connectivity index (χ1n) is 17.4. The normalized spacial score (nSPS) is 19.7. The molecule has 2 aromatic heterocycles. The summed E-state index contributed by atoms with van der Waals surface area (Å²) < 4.78 is 36.5. The van der Waals surface area contributed by atoms with Gasteiger partial charge in [0.1, 0.15) is 12.4 Å².